The van der Waals surface area contributed by atoms with Crippen LogP contribution in [0.1, 0.15) is 30.5 Å². The van der Waals surface area contributed by atoms with Crippen molar-refractivity contribution in [1.29, 1.82) is 0 Å². The summed E-state index contributed by atoms with van der Waals surface area (Å²) in [5.74, 6) is 0. The van der Waals surface area contributed by atoms with Crippen LogP contribution in [0.4, 0.5) is 5.69 Å². The van der Waals surface area contributed by atoms with Crippen LogP contribution < -0.4 is 26.4 Å². The maximum absolute atomic E-state index is 2.48. The zero-order valence-corrected chi connectivity index (χ0v) is 16.4. The molecule has 0 saturated carbocycles. The molecule has 1 saturated heterocycles. The maximum atomic E-state index is 2.48. The van der Waals surface area contributed by atoms with Gasteiger partial charge >= 0.3 is 0 Å². The Bertz CT molecular complexity index is 674. The molecule has 2 nitrogen and oxygen atoms in total. The first kappa shape index (κ1) is 18.2. The van der Waals surface area contributed by atoms with Gasteiger partial charge in [0.25, 0.3) is 0 Å². The van der Waals surface area contributed by atoms with E-state index in [2.05, 4.69) is 64.2 Å². The van der Waals surface area contributed by atoms with Crippen LogP contribution >= 0.6 is 17.0 Å². The summed E-state index contributed by atoms with van der Waals surface area (Å²) in [6.45, 7) is 3.53. The van der Waals surface area contributed by atoms with E-state index in [1.165, 1.54) is 48.4 Å². The monoisotopic (exact) mass is 436 g/mol. The number of hydrogen-bond acceptors (Lipinski definition) is 1. The van der Waals surface area contributed by atoms with Gasteiger partial charge in [-0.2, -0.15) is 4.57 Å². The van der Waals surface area contributed by atoms with Crippen LogP contribution in [0.3, 0.4) is 0 Å². The van der Waals surface area contributed by atoms with E-state index in [0.717, 1.165) is 13.0 Å². The van der Waals surface area contributed by atoms with Crippen molar-refractivity contribution in [3.63, 3.8) is 0 Å². The number of fused-ring (bicyclic) bond motifs is 1. The molecule has 2 aromatic rings. The first-order valence-corrected chi connectivity index (χ1v) is 7.95. The molecule has 122 valence electrons. The summed E-state index contributed by atoms with van der Waals surface area (Å²) in [4.78, 5) is 2.48. The summed E-state index contributed by atoms with van der Waals surface area (Å²) < 4.78 is 2.34. The Hall–Kier alpha value is -1.13. The van der Waals surface area contributed by atoms with E-state index in [-0.39, 0.29) is 34.0 Å². The fraction of sp³-hybridized carbons (Fsp3) is 0.316. The number of anilines is 1. The van der Waals surface area contributed by atoms with E-state index in [1.54, 1.807) is 0 Å². The normalized spacial score (nSPS) is 17.6. The molecule has 2 aliphatic heterocycles. The molecule has 1 aromatic carbocycles. The van der Waals surface area contributed by atoms with Gasteiger partial charge in [0, 0.05) is 42.9 Å². The van der Waals surface area contributed by atoms with E-state index >= 15 is 0 Å². The molecule has 3 heterocycles. The quantitative estimate of drug-likeness (QED) is 0.638. The summed E-state index contributed by atoms with van der Waals surface area (Å²) in [5, 5.41) is 0. The van der Waals surface area contributed by atoms with Crippen molar-refractivity contribution < 1.29 is 21.5 Å². The number of aryl methyl sites for hydroxylation is 1. The zero-order chi connectivity index (χ0) is 14.1. The van der Waals surface area contributed by atoms with Crippen molar-refractivity contribution in [2.24, 2.45) is 0 Å². The van der Waals surface area contributed by atoms with Crippen LogP contribution in [0.15, 0.2) is 48.7 Å². The largest absolute Gasteiger partial charge is 1.00 e. The van der Waals surface area contributed by atoms with E-state index in [9.17, 15) is 0 Å². The van der Waals surface area contributed by atoms with Crippen molar-refractivity contribution in [1.82, 2.24) is 0 Å². The first-order valence-electron chi connectivity index (χ1n) is 7.95. The standard InChI is InChI=1S/C19H21N2.2BrH/c1-2-13-21-14-10-17(19(21)5-1)15-16-6-8-18(9-7-16)20-11-3-4-12-20;;/h1-2,5-9,13,15H,3-4,10-12,14H2;2*1H/q+1;;/p-1. The molecule has 0 N–H and O–H groups in total. The van der Waals surface area contributed by atoms with Crippen molar-refractivity contribution in [3.8, 4) is 0 Å². The predicted octanol–water partition coefficient (Wildman–Crippen LogP) is 1.10. The smallest absolute Gasteiger partial charge is 0.208 e. The molecule has 0 bridgehead atoms. The van der Waals surface area contributed by atoms with Crippen molar-refractivity contribution in [2.75, 3.05) is 18.0 Å². The van der Waals surface area contributed by atoms with Crippen LogP contribution in [0, 0.1) is 0 Å². The molecule has 1 fully saturated rings. The topological polar surface area (TPSA) is 7.12 Å². The fourth-order valence-corrected chi connectivity index (χ4v) is 3.44. The second kappa shape index (κ2) is 8.11. The number of pyridine rings is 1. The molecule has 0 aliphatic carbocycles. The van der Waals surface area contributed by atoms with Crippen molar-refractivity contribution in [3.05, 3.63) is 59.9 Å². The molecule has 4 rings (SSSR count). The van der Waals surface area contributed by atoms with Gasteiger partial charge in [-0.15, -0.1) is 17.0 Å². The summed E-state index contributed by atoms with van der Waals surface area (Å²) in [6.07, 6.45) is 8.32. The Morgan fingerprint density at radius 2 is 1.70 bits per heavy atom. The van der Waals surface area contributed by atoms with Gasteiger partial charge in [0.15, 0.2) is 12.7 Å². The highest BCUT2D eigenvalue weighted by Crippen LogP contribution is 2.25. The summed E-state index contributed by atoms with van der Waals surface area (Å²) in [5.41, 5.74) is 5.49. The minimum Gasteiger partial charge on any atom is -1.00 e. The van der Waals surface area contributed by atoms with Crippen molar-refractivity contribution in [2.45, 2.75) is 25.8 Å². The maximum Gasteiger partial charge on any atom is 0.208 e. The van der Waals surface area contributed by atoms with Gasteiger partial charge in [-0.1, -0.05) is 12.1 Å². The number of hydrogen-bond donors (Lipinski definition) is 0. The summed E-state index contributed by atoms with van der Waals surface area (Å²) >= 11 is 0. The molecule has 0 radical (unpaired) electrons. The molecule has 23 heavy (non-hydrogen) atoms. The Kier molecular flexibility index (Phi) is 6.42. The van der Waals surface area contributed by atoms with Crippen LogP contribution in [0.5, 0.6) is 0 Å². The third-order valence-corrected chi connectivity index (χ3v) is 4.60. The van der Waals surface area contributed by atoms with Crippen LogP contribution in [-0.2, 0) is 6.54 Å². The van der Waals surface area contributed by atoms with Crippen LogP contribution in [-0.4, -0.2) is 13.1 Å². The number of allylic oxidation sites excluding steroid dienone is 1. The third-order valence-electron chi connectivity index (χ3n) is 4.60. The minimum absolute atomic E-state index is 0. The molecular weight excluding hydrogens is 416 g/mol. The lowest BCUT2D eigenvalue weighted by Crippen LogP contribution is -3.00. The lowest BCUT2D eigenvalue weighted by atomic mass is 10.1. The molecule has 1 aromatic heterocycles. The number of halogens is 2. The molecule has 0 unspecified atom stereocenters. The molecule has 4 heteroatoms. The molecule has 0 amide bonds. The lowest BCUT2D eigenvalue weighted by Gasteiger charge is -2.17. The Morgan fingerprint density at radius 1 is 0.957 bits per heavy atom. The molecular formula is C19H22Br2N2. The summed E-state index contributed by atoms with van der Waals surface area (Å²) in [6, 6.07) is 15.5. The minimum atomic E-state index is 0. The van der Waals surface area contributed by atoms with Gasteiger partial charge in [-0.3, -0.25) is 0 Å². The fourth-order valence-electron chi connectivity index (χ4n) is 3.44. The van der Waals surface area contributed by atoms with E-state index in [1.807, 2.05) is 0 Å². The zero-order valence-electron chi connectivity index (χ0n) is 13.1. The third kappa shape index (κ3) is 3.86. The highest BCUT2D eigenvalue weighted by Gasteiger charge is 2.22. The average molecular weight is 438 g/mol. The van der Waals surface area contributed by atoms with Gasteiger partial charge in [-0.05, 0) is 42.7 Å². The lowest BCUT2D eigenvalue weighted by molar-refractivity contribution is -0.689. The predicted molar refractivity (Wildman–Crippen MR) is 97.3 cm³/mol. The van der Waals surface area contributed by atoms with E-state index < -0.39 is 0 Å². The van der Waals surface area contributed by atoms with E-state index in [0.29, 0.717) is 0 Å². The van der Waals surface area contributed by atoms with Gasteiger partial charge in [-0.25, -0.2) is 0 Å². The Morgan fingerprint density at radius 3 is 2.43 bits per heavy atom. The van der Waals surface area contributed by atoms with Gasteiger partial charge in [0.05, 0.1) is 0 Å². The number of rotatable bonds is 2. The first-order chi connectivity index (χ1) is 10.4. The second-order valence-electron chi connectivity index (χ2n) is 5.98. The Balaban J connectivity index is 0.000000960. The number of nitrogens with zero attached hydrogens (tertiary/aromatic N) is 2. The van der Waals surface area contributed by atoms with Crippen LogP contribution in [0.2, 0.25) is 0 Å². The number of benzene rings is 1. The van der Waals surface area contributed by atoms with Gasteiger partial charge < -0.3 is 21.9 Å². The second-order valence-corrected chi connectivity index (χ2v) is 5.98. The van der Waals surface area contributed by atoms with Crippen LogP contribution in [0.25, 0.3) is 11.6 Å². The molecule has 2 aliphatic rings. The molecule has 0 atom stereocenters. The average Bonchev–Trinajstić information content (AvgIpc) is 3.19. The van der Waals surface area contributed by atoms with Gasteiger partial charge in [0.1, 0.15) is 0 Å². The Labute approximate surface area is 159 Å². The SMILES string of the molecule is Br.C(=C1CC[n+]2ccccc21)c1ccc(N2CCCC2)cc1.[Br-]. The molecule has 0 spiro atoms. The highest BCUT2D eigenvalue weighted by molar-refractivity contribution is 8.93. The van der Waals surface area contributed by atoms with E-state index in [4.69, 9.17) is 0 Å². The highest BCUT2D eigenvalue weighted by atomic mass is 79.9. The van der Waals surface area contributed by atoms with Crippen molar-refractivity contribution >= 4 is 34.3 Å². The summed E-state index contributed by atoms with van der Waals surface area (Å²) in [7, 11) is 0. The van der Waals surface area contributed by atoms with Gasteiger partial charge in [0.2, 0.25) is 5.69 Å². The number of aromatic nitrogens is 1.